The summed E-state index contributed by atoms with van der Waals surface area (Å²) in [5.41, 5.74) is 0.562. The van der Waals surface area contributed by atoms with Gasteiger partial charge in [-0.2, -0.15) is 0 Å². The minimum Gasteiger partial charge on any atom is -0.496 e. The van der Waals surface area contributed by atoms with Gasteiger partial charge in [-0.25, -0.2) is 0 Å². The largest absolute Gasteiger partial charge is 0.496 e. The van der Waals surface area contributed by atoms with Crippen LogP contribution >= 0.6 is 0 Å². The summed E-state index contributed by atoms with van der Waals surface area (Å²) < 4.78 is 16.0. The average Bonchev–Trinajstić information content (AvgIpc) is 2.47. The summed E-state index contributed by atoms with van der Waals surface area (Å²) in [5.74, 6) is 2.45. The molecule has 4 nitrogen and oxygen atoms in total. The lowest BCUT2D eigenvalue weighted by atomic mass is 10.2. The van der Waals surface area contributed by atoms with Crippen LogP contribution in [0.25, 0.3) is 0 Å². The predicted molar refractivity (Wildman–Crippen MR) is 71.4 cm³/mol. The molecule has 0 unspecified atom stereocenters. The molecule has 19 heavy (non-hydrogen) atoms. The Hall–Kier alpha value is -2.49. The molecule has 0 aliphatic heterocycles. The lowest BCUT2D eigenvalue weighted by Crippen LogP contribution is -1.91. The molecular formula is C15H14O4. The molecule has 0 N–H and O–H groups in total. The Balaban J connectivity index is 2.28. The number of aldehydes is 1. The van der Waals surface area contributed by atoms with Gasteiger partial charge in [-0.3, -0.25) is 4.79 Å². The van der Waals surface area contributed by atoms with Gasteiger partial charge >= 0.3 is 0 Å². The topological polar surface area (TPSA) is 44.8 Å². The van der Waals surface area contributed by atoms with Gasteiger partial charge in [0, 0.05) is 23.8 Å². The number of methoxy groups -OCH3 is 2. The quantitative estimate of drug-likeness (QED) is 0.772. The maximum Gasteiger partial charge on any atom is 0.150 e. The Morgan fingerprint density at radius 1 is 0.842 bits per heavy atom. The van der Waals surface area contributed by atoms with E-state index in [-0.39, 0.29) is 0 Å². The molecule has 0 spiro atoms. The molecule has 0 saturated carbocycles. The molecular weight excluding hydrogens is 244 g/mol. The molecule has 98 valence electrons. The van der Waals surface area contributed by atoms with E-state index in [4.69, 9.17) is 14.2 Å². The summed E-state index contributed by atoms with van der Waals surface area (Å²) in [6.07, 6.45) is 0.777. The van der Waals surface area contributed by atoms with Crippen molar-refractivity contribution in [3.63, 3.8) is 0 Å². The lowest BCUT2D eigenvalue weighted by Gasteiger charge is -2.10. The molecule has 0 atom stereocenters. The normalized spacial score (nSPS) is 9.79. The second kappa shape index (κ2) is 5.91. The van der Waals surface area contributed by atoms with Crippen molar-refractivity contribution in [2.24, 2.45) is 0 Å². The Morgan fingerprint density at radius 3 is 2.05 bits per heavy atom. The molecule has 0 aliphatic rings. The van der Waals surface area contributed by atoms with E-state index in [1.54, 1.807) is 56.7 Å². The average molecular weight is 258 g/mol. The van der Waals surface area contributed by atoms with Gasteiger partial charge < -0.3 is 14.2 Å². The first-order chi connectivity index (χ1) is 9.25. The van der Waals surface area contributed by atoms with Crippen LogP contribution in [0, 0.1) is 0 Å². The first kappa shape index (κ1) is 13.0. The summed E-state index contributed by atoms with van der Waals surface area (Å²) >= 11 is 0. The SMILES string of the molecule is COc1cc(OC)cc(Oc2cccc(C=O)c2)c1. The number of benzene rings is 2. The van der Waals surface area contributed by atoms with Crippen molar-refractivity contribution < 1.29 is 19.0 Å². The third-order valence-corrected chi connectivity index (χ3v) is 2.55. The molecule has 2 rings (SSSR count). The van der Waals surface area contributed by atoms with Crippen molar-refractivity contribution >= 4 is 6.29 Å². The van der Waals surface area contributed by atoms with Crippen molar-refractivity contribution in [3.05, 3.63) is 48.0 Å². The molecule has 0 saturated heterocycles. The van der Waals surface area contributed by atoms with Gasteiger partial charge in [0.15, 0.2) is 0 Å². The first-order valence-corrected chi connectivity index (χ1v) is 5.71. The van der Waals surface area contributed by atoms with Crippen LogP contribution in [-0.2, 0) is 0 Å². The lowest BCUT2D eigenvalue weighted by molar-refractivity contribution is 0.112. The molecule has 0 amide bonds. The Labute approximate surface area is 111 Å². The van der Waals surface area contributed by atoms with Crippen molar-refractivity contribution in [1.29, 1.82) is 0 Å². The fraction of sp³-hybridized carbons (Fsp3) is 0.133. The molecule has 2 aromatic rings. The van der Waals surface area contributed by atoms with Crippen LogP contribution in [0.5, 0.6) is 23.0 Å². The summed E-state index contributed by atoms with van der Waals surface area (Å²) in [6, 6.07) is 12.2. The van der Waals surface area contributed by atoms with E-state index in [2.05, 4.69) is 0 Å². The smallest absolute Gasteiger partial charge is 0.150 e. The zero-order chi connectivity index (χ0) is 13.7. The summed E-state index contributed by atoms with van der Waals surface area (Å²) in [7, 11) is 3.15. The van der Waals surface area contributed by atoms with Crippen LogP contribution in [0.2, 0.25) is 0 Å². The number of ether oxygens (including phenoxy) is 3. The zero-order valence-electron chi connectivity index (χ0n) is 10.8. The third-order valence-electron chi connectivity index (χ3n) is 2.55. The molecule has 0 radical (unpaired) electrons. The van der Waals surface area contributed by atoms with Crippen LogP contribution < -0.4 is 14.2 Å². The van der Waals surface area contributed by atoms with Crippen molar-refractivity contribution in [1.82, 2.24) is 0 Å². The summed E-state index contributed by atoms with van der Waals surface area (Å²) in [4.78, 5) is 10.7. The predicted octanol–water partition coefficient (Wildman–Crippen LogP) is 3.31. The van der Waals surface area contributed by atoms with Crippen molar-refractivity contribution in [2.45, 2.75) is 0 Å². The number of hydrogen-bond donors (Lipinski definition) is 0. The zero-order valence-corrected chi connectivity index (χ0v) is 10.8. The highest BCUT2D eigenvalue weighted by molar-refractivity contribution is 5.75. The van der Waals surface area contributed by atoms with Gasteiger partial charge in [0.25, 0.3) is 0 Å². The van der Waals surface area contributed by atoms with Gasteiger partial charge in [0.2, 0.25) is 0 Å². The number of carbonyl (C=O) groups excluding carboxylic acids is 1. The van der Waals surface area contributed by atoms with Crippen LogP contribution in [-0.4, -0.2) is 20.5 Å². The van der Waals surface area contributed by atoms with E-state index < -0.39 is 0 Å². The van der Waals surface area contributed by atoms with Crippen LogP contribution in [0.3, 0.4) is 0 Å². The van der Waals surface area contributed by atoms with E-state index >= 15 is 0 Å². The first-order valence-electron chi connectivity index (χ1n) is 5.71. The Bertz CT molecular complexity index is 556. The van der Waals surface area contributed by atoms with E-state index in [1.165, 1.54) is 0 Å². The third kappa shape index (κ3) is 3.25. The molecule has 0 heterocycles. The number of rotatable bonds is 5. The van der Waals surface area contributed by atoms with Gasteiger partial charge in [-0.15, -0.1) is 0 Å². The monoisotopic (exact) mass is 258 g/mol. The maximum absolute atomic E-state index is 10.7. The van der Waals surface area contributed by atoms with Crippen LogP contribution in [0.15, 0.2) is 42.5 Å². The van der Waals surface area contributed by atoms with Crippen LogP contribution in [0.4, 0.5) is 0 Å². The van der Waals surface area contributed by atoms with E-state index in [0.29, 0.717) is 28.6 Å². The molecule has 2 aromatic carbocycles. The summed E-state index contributed by atoms with van der Waals surface area (Å²) in [6.45, 7) is 0. The Kier molecular flexibility index (Phi) is 4.03. The van der Waals surface area contributed by atoms with Crippen LogP contribution in [0.1, 0.15) is 10.4 Å². The summed E-state index contributed by atoms with van der Waals surface area (Å²) in [5, 5.41) is 0. The van der Waals surface area contributed by atoms with Gasteiger partial charge in [-0.05, 0) is 12.1 Å². The second-order valence-electron chi connectivity index (χ2n) is 3.84. The highest BCUT2D eigenvalue weighted by atomic mass is 16.5. The maximum atomic E-state index is 10.7. The van der Waals surface area contributed by atoms with Crippen molar-refractivity contribution in [3.8, 4) is 23.0 Å². The van der Waals surface area contributed by atoms with Gasteiger partial charge in [0.1, 0.15) is 29.3 Å². The molecule has 0 bridgehead atoms. The molecule has 4 heteroatoms. The van der Waals surface area contributed by atoms with E-state index in [9.17, 15) is 4.79 Å². The van der Waals surface area contributed by atoms with E-state index in [0.717, 1.165) is 6.29 Å². The van der Waals surface area contributed by atoms with Gasteiger partial charge in [-0.1, -0.05) is 12.1 Å². The Morgan fingerprint density at radius 2 is 1.47 bits per heavy atom. The highest BCUT2D eigenvalue weighted by Crippen LogP contribution is 2.30. The second-order valence-corrected chi connectivity index (χ2v) is 3.84. The standard InChI is InChI=1S/C15H14O4/c1-17-13-7-14(18-2)9-15(8-13)19-12-5-3-4-11(6-12)10-16/h3-10H,1-2H3. The molecule has 0 aliphatic carbocycles. The number of hydrogen-bond acceptors (Lipinski definition) is 4. The minimum absolute atomic E-state index is 0.562. The fourth-order valence-corrected chi connectivity index (χ4v) is 1.63. The fourth-order valence-electron chi connectivity index (χ4n) is 1.63. The molecule has 0 aromatic heterocycles. The van der Waals surface area contributed by atoms with Gasteiger partial charge in [0.05, 0.1) is 14.2 Å². The highest BCUT2D eigenvalue weighted by Gasteiger charge is 2.04. The van der Waals surface area contributed by atoms with E-state index in [1.807, 2.05) is 0 Å². The van der Waals surface area contributed by atoms with Crippen molar-refractivity contribution in [2.75, 3.05) is 14.2 Å². The minimum atomic E-state index is 0.562. The molecule has 0 fully saturated rings. The number of carbonyl (C=O) groups is 1.